The second kappa shape index (κ2) is 15.0. The maximum Gasteiger partial charge on any atom is 0.337 e. The molecule has 0 aliphatic heterocycles. The van der Waals surface area contributed by atoms with Gasteiger partial charge < -0.3 is 10.2 Å². The average molecular weight is 548 g/mol. The average Bonchev–Trinajstić information content (AvgIpc) is 2.69. The van der Waals surface area contributed by atoms with Crippen molar-refractivity contribution in [3.05, 3.63) is 31.2 Å². The molecular weight excluding hydrogens is 512 g/mol. The molecule has 0 fully saturated rings. The van der Waals surface area contributed by atoms with Gasteiger partial charge >= 0.3 is 11.9 Å². The van der Waals surface area contributed by atoms with Crippen molar-refractivity contribution in [1.29, 1.82) is 0 Å². The van der Waals surface area contributed by atoms with Gasteiger partial charge in [-0.05, 0) is 68.7 Å². The minimum atomic E-state index is -1.01. The topological polar surface area (TPSA) is 74.6 Å². The van der Waals surface area contributed by atoms with E-state index in [0.29, 0.717) is 32.9 Å². The summed E-state index contributed by atoms with van der Waals surface area (Å²) >= 11 is 6.92. The Hall–Kier alpha value is -0.880. The van der Waals surface area contributed by atoms with E-state index in [2.05, 4.69) is 45.7 Å². The molecule has 4 nitrogen and oxygen atoms in total. The van der Waals surface area contributed by atoms with E-state index < -0.39 is 11.9 Å². The molecule has 0 spiro atoms. The lowest BCUT2D eigenvalue weighted by atomic mass is 9.92. The van der Waals surface area contributed by atoms with Crippen LogP contribution < -0.4 is 0 Å². The van der Waals surface area contributed by atoms with Gasteiger partial charge in [-0.15, -0.1) is 0 Å². The maximum atomic E-state index is 12.1. The summed E-state index contributed by atoms with van der Waals surface area (Å²) in [7, 11) is 0. The quantitative estimate of drug-likeness (QED) is 0.204. The Morgan fingerprint density at radius 3 is 1.20 bits per heavy atom. The van der Waals surface area contributed by atoms with Crippen molar-refractivity contribution in [2.45, 2.75) is 104 Å². The molecule has 0 radical (unpaired) electrons. The van der Waals surface area contributed by atoms with E-state index >= 15 is 0 Å². The molecule has 0 aromatic heterocycles. The number of hydrogen-bond acceptors (Lipinski definition) is 2. The van der Waals surface area contributed by atoms with Gasteiger partial charge in [0.2, 0.25) is 0 Å². The Kier molecular flexibility index (Phi) is 13.6. The lowest BCUT2D eigenvalue weighted by Gasteiger charge is -2.19. The van der Waals surface area contributed by atoms with Gasteiger partial charge in [-0.3, -0.25) is 0 Å². The Bertz CT molecular complexity index is 641. The van der Waals surface area contributed by atoms with Crippen molar-refractivity contribution in [3.8, 4) is 0 Å². The SMILES string of the molecule is CCCCCCCCc1c(Br)c(C(=O)O)c(CCCCCCCC)c(Br)c1C(=O)O. The van der Waals surface area contributed by atoms with Crippen LogP contribution in [0.5, 0.6) is 0 Å². The molecule has 1 aromatic rings. The van der Waals surface area contributed by atoms with Crippen molar-refractivity contribution in [1.82, 2.24) is 0 Å². The first kappa shape index (κ1) is 27.2. The second-order valence-corrected chi connectivity index (χ2v) is 9.57. The van der Waals surface area contributed by atoms with E-state index in [1.165, 1.54) is 38.5 Å². The molecule has 170 valence electrons. The number of hydrogen-bond donors (Lipinski definition) is 2. The zero-order valence-corrected chi connectivity index (χ0v) is 21.5. The van der Waals surface area contributed by atoms with Crippen molar-refractivity contribution in [3.63, 3.8) is 0 Å². The first-order valence-electron chi connectivity index (χ1n) is 11.4. The number of aromatic carboxylic acids is 2. The van der Waals surface area contributed by atoms with E-state index in [1.807, 2.05) is 0 Å². The zero-order valence-electron chi connectivity index (χ0n) is 18.4. The van der Waals surface area contributed by atoms with Crippen LogP contribution >= 0.6 is 31.9 Å². The van der Waals surface area contributed by atoms with Gasteiger partial charge in [0, 0.05) is 8.95 Å². The highest BCUT2D eigenvalue weighted by Gasteiger charge is 2.27. The van der Waals surface area contributed by atoms with Gasteiger partial charge in [-0.1, -0.05) is 78.1 Å². The fourth-order valence-corrected chi connectivity index (χ4v) is 5.48. The molecule has 0 saturated heterocycles. The number of rotatable bonds is 16. The van der Waals surface area contributed by atoms with Crippen LogP contribution in [0.25, 0.3) is 0 Å². The van der Waals surface area contributed by atoms with Gasteiger partial charge in [-0.25, -0.2) is 9.59 Å². The Morgan fingerprint density at radius 2 is 0.900 bits per heavy atom. The molecular formula is C24H36Br2O4. The molecule has 0 unspecified atom stereocenters. The lowest BCUT2D eigenvalue weighted by molar-refractivity contribution is 0.0677. The van der Waals surface area contributed by atoms with Crippen LogP contribution in [0.2, 0.25) is 0 Å². The van der Waals surface area contributed by atoms with Gasteiger partial charge in [0.05, 0.1) is 11.1 Å². The normalized spacial score (nSPS) is 11.1. The first-order valence-corrected chi connectivity index (χ1v) is 12.9. The predicted molar refractivity (Wildman–Crippen MR) is 130 cm³/mol. The van der Waals surface area contributed by atoms with Crippen molar-refractivity contribution in [2.75, 3.05) is 0 Å². The molecule has 6 heteroatoms. The van der Waals surface area contributed by atoms with E-state index in [0.717, 1.165) is 38.5 Å². The number of halogens is 2. The molecule has 0 saturated carbocycles. The van der Waals surface area contributed by atoms with Crippen molar-refractivity contribution >= 4 is 43.8 Å². The summed E-state index contributed by atoms with van der Waals surface area (Å²) in [6, 6.07) is 0. The smallest absolute Gasteiger partial charge is 0.337 e. The van der Waals surface area contributed by atoms with Crippen LogP contribution in [0.3, 0.4) is 0 Å². The van der Waals surface area contributed by atoms with Gasteiger partial charge in [-0.2, -0.15) is 0 Å². The van der Waals surface area contributed by atoms with E-state index in [4.69, 9.17) is 0 Å². The van der Waals surface area contributed by atoms with Crippen LogP contribution in [0.4, 0.5) is 0 Å². The van der Waals surface area contributed by atoms with Crippen molar-refractivity contribution < 1.29 is 19.8 Å². The molecule has 0 heterocycles. The molecule has 0 bridgehead atoms. The highest BCUT2D eigenvalue weighted by Crippen LogP contribution is 2.38. The van der Waals surface area contributed by atoms with Crippen LogP contribution in [0.15, 0.2) is 8.95 Å². The number of carboxylic acid groups (broad SMARTS) is 2. The summed E-state index contributed by atoms with van der Waals surface area (Å²) in [5, 5.41) is 19.7. The predicted octanol–water partition coefficient (Wildman–Crippen LogP) is 8.41. The molecule has 1 aromatic carbocycles. The van der Waals surface area contributed by atoms with Gasteiger partial charge in [0.25, 0.3) is 0 Å². The van der Waals surface area contributed by atoms with E-state index in [-0.39, 0.29) is 11.1 Å². The van der Waals surface area contributed by atoms with E-state index in [1.54, 1.807) is 0 Å². The summed E-state index contributed by atoms with van der Waals surface area (Å²) in [6.07, 6.45) is 14.3. The summed E-state index contributed by atoms with van der Waals surface area (Å²) < 4.78 is 0.871. The standard InChI is InChI=1S/C24H36Br2O4/c1-3-5-7-9-11-13-15-17-19(23(27)28)22(26)18(20(21(17)25)24(29)30)16-14-12-10-8-6-4-2/h3-16H2,1-2H3,(H,27,28)(H,29,30). The highest BCUT2D eigenvalue weighted by atomic mass is 79.9. The number of carbonyl (C=O) groups is 2. The van der Waals surface area contributed by atoms with Crippen molar-refractivity contribution in [2.24, 2.45) is 0 Å². The van der Waals surface area contributed by atoms with Crippen LogP contribution in [0, 0.1) is 0 Å². The molecule has 2 N–H and O–H groups in total. The fourth-order valence-electron chi connectivity index (χ4n) is 3.87. The molecule has 0 atom stereocenters. The maximum absolute atomic E-state index is 12.1. The third-order valence-corrected chi connectivity index (χ3v) is 7.31. The second-order valence-electron chi connectivity index (χ2n) is 7.98. The lowest BCUT2D eigenvalue weighted by Crippen LogP contribution is -2.14. The molecule has 1 rings (SSSR count). The summed E-state index contributed by atoms with van der Waals surface area (Å²) in [5.74, 6) is -2.02. The minimum absolute atomic E-state index is 0.210. The summed E-state index contributed by atoms with van der Waals surface area (Å²) in [5.41, 5.74) is 1.60. The third kappa shape index (κ3) is 8.33. The molecule has 0 aliphatic carbocycles. The number of unbranched alkanes of at least 4 members (excludes halogenated alkanes) is 10. The van der Waals surface area contributed by atoms with Gasteiger partial charge in [0.1, 0.15) is 0 Å². The number of benzene rings is 1. The Labute approximate surface area is 198 Å². The Balaban J connectivity index is 3.06. The van der Waals surface area contributed by atoms with E-state index in [9.17, 15) is 19.8 Å². The molecule has 30 heavy (non-hydrogen) atoms. The fraction of sp³-hybridized carbons (Fsp3) is 0.667. The van der Waals surface area contributed by atoms with Crippen LogP contribution in [0.1, 0.15) is 123 Å². The number of carboxylic acids is 2. The molecule has 0 amide bonds. The monoisotopic (exact) mass is 546 g/mol. The van der Waals surface area contributed by atoms with Crippen LogP contribution in [-0.2, 0) is 12.8 Å². The summed E-state index contributed by atoms with van der Waals surface area (Å²) in [6.45, 7) is 4.35. The largest absolute Gasteiger partial charge is 0.478 e. The van der Waals surface area contributed by atoms with Gasteiger partial charge in [0.15, 0.2) is 0 Å². The first-order chi connectivity index (χ1) is 14.4. The summed E-state index contributed by atoms with van der Waals surface area (Å²) in [4.78, 5) is 24.1. The third-order valence-electron chi connectivity index (χ3n) is 5.56. The zero-order chi connectivity index (χ0) is 22.5. The van der Waals surface area contributed by atoms with Crippen LogP contribution in [-0.4, -0.2) is 22.2 Å². The highest BCUT2D eigenvalue weighted by molar-refractivity contribution is 9.11. The minimum Gasteiger partial charge on any atom is -0.478 e. The Morgan fingerprint density at radius 1 is 0.600 bits per heavy atom. The molecule has 0 aliphatic rings.